The van der Waals surface area contributed by atoms with Gasteiger partial charge in [-0.2, -0.15) is 0 Å². The lowest BCUT2D eigenvalue weighted by Crippen LogP contribution is -2.05. The minimum absolute atomic E-state index is 0.208. The quantitative estimate of drug-likeness (QED) is 0.467. The first-order valence-electron chi connectivity index (χ1n) is 2.57. The molecule has 7 heavy (non-hydrogen) atoms. The van der Waals surface area contributed by atoms with Gasteiger partial charge in [0, 0.05) is 0 Å². The molecular formula is C5H11BF. The first kappa shape index (κ1) is 6.99. The number of hydrogen-bond acceptors (Lipinski definition) is 0. The first-order chi connectivity index (χ1) is 3.12. The molecule has 0 N–H and O–H groups in total. The number of halogens is 1. The highest BCUT2D eigenvalue weighted by Crippen LogP contribution is 2.26. The van der Waals surface area contributed by atoms with E-state index in [-0.39, 0.29) is 5.31 Å². The predicted molar refractivity (Wildman–Crippen MR) is 31.2 cm³/mol. The third-order valence-electron chi connectivity index (χ3n) is 1.21. The smallest absolute Gasteiger partial charge is 0.342 e. The summed E-state index contributed by atoms with van der Waals surface area (Å²) >= 11 is 0. The summed E-state index contributed by atoms with van der Waals surface area (Å²) in [4.78, 5) is 0. The minimum atomic E-state index is -0.208. The van der Waals surface area contributed by atoms with Crippen LogP contribution in [0.4, 0.5) is 4.32 Å². The summed E-state index contributed by atoms with van der Waals surface area (Å²) in [5, 5.41) is -0.208. The van der Waals surface area contributed by atoms with Crippen LogP contribution in [0.5, 0.6) is 0 Å². The Bertz CT molecular complexity index is 46.0. The van der Waals surface area contributed by atoms with Crippen molar-refractivity contribution >= 4 is 7.56 Å². The largest absolute Gasteiger partial charge is 0.360 e. The maximum atomic E-state index is 11.6. The molecule has 0 nitrogen and oxygen atoms in total. The molecular weight excluding hydrogens is 89.9 g/mol. The van der Waals surface area contributed by atoms with Gasteiger partial charge in [0.15, 0.2) is 0 Å². The summed E-state index contributed by atoms with van der Waals surface area (Å²) in [6, 6.07) is 0. The average molecular weight is 101 g/mol. The van der Waals surface area contributed by atoms with Gasteiger partial charge in [-0.1, -0.05) is 27.2 Å². The van der Waals surface area contributed by atoms with Crippen LogP contribution in [0.15, 0.2) is 0 Å². The van der Waals surface area contributed by atoms with Gasteiger partial charge in [-0.05, 0) is 5.31 Å². The van der Waals surface area contributed by atoms with E-state index in [0.717, 1.165) is 14.0 Å². The topological polar surface area (TPSA) is 0 Å². The lowest BCUT2D eigenvalue weighted by atomic mass is 9.67. The zero-order valence-electron chi connectivity index (χ0n) is 5.16. The molecule has 0 bridgehead atoms. The molecule has 0 saturated heterocycles. The number of hydrogen-bond donors (Lipinski definition) is 0. The Balaban J connectivity index is 3.36. The van der Waals surface area contributed by atoms with Gasteiger partial charge < -0.3 is 4.32 Å². The second-order valence-corrected chi connectivity index (χ2v) is 2.45. The van der Waals surface area contributed by atoms with E-state index in [0.29, 0.717) is 0 Å². The summed E-state index contributed by atoms with van der Waals surface area (Å²) < 4.78 is 11.6. The molecule has 0 saturated carbocycles. The van der Waals surface area contributed by atoms with E-state index >= 15 is 0 Å². The Morgan fingerprint density at radius 1 is 1.57 bits per heavy atom. The first-order valence-corrected chi connectivity index (χ1v) is 2.57. The van der Waals surface area contributed by atoms with E-state index in [9.17, 15) is 4.32 Å². The van der Waals surface area contributed by atoms with Crippen molar-refractivity contribution in [1.82, 2.24) is 0 Å². The fourth-order valence-corrected chi connectivity index (χ4v) is 0.0772. The molecule has 0 aliphatic carbocycles. The summed E-state index contributed by atoms with van der Waals surface area (Å²) in [5.74, 6) is 0. The van der Waals surface area contributed by atoms with E-state index in [1.807, 2.05) is 20.8 Å². The van der Waals surface area contributed by atoms with Crippen LogP contribution in [-0.4, -0.2) is 7.56 Å². The van der Waals surface area contributed by atoms with E-state index in [2.05, 4.69) is 0 Å². The Kier molecular flexibility index (Phi) is 2.34. The lowest BCUT2D eigenvalue weighted by Gasteiger charge is -2.13. The van der Waals surface area contributed by atoms with Crippen LogP contribution in [0.1, 0.15) is 27.2 Å². The molecule has 0 rings (SSSR count). The fourth-order valence-electron chi connectivity index (χ4n) is 0.0772. The van der Waals surface area contributed by atoms with Gasteiger partial charge in [0.25, 0.3) is 0 Å². The molecule has 41 valence electrons. The van der Waals surface area contributed by atoms with Crippen molar-refractivity contribution in [2.75, 3.05) is 0 Å². The van der Waals surface area contributed by atoms with Gasteiger partial charge in [-0.3, -0.25) is 0 Å². The zero-order valence-corrected chi connectivity index (χ0v) is 5.16. The Hall–Kier alpha value is -0.00506. The second-order valence-electron chi connectivity index (χ2n) is 2.45. The molecule has 0 aliphatic heterocycles. The van der Waals surface area contributed by atoms with E-state index in [4.69, 9.17) is 0 Å². The molecule has 0 fully saturated rings. The molecule has 0 aromatic rings. The zero-order chi connectivity index (χ0) is 5.91. The van der Waals surface area contributed by atoms with Gasteiger partial charge in [0.1, 0.15) is 0 Å². The van der Waals surface area contributed by atoms with Crippen molar-refractivity contribution in [2.24, 2.45) is 0 Å². The van der Waals surface area contributed by atoms with Crippen LogP contribution in [0.25, 0.3) is 0 Å². The second kappa shape index (κ2) is 2.34. The molecule has 0 atom stereocenters. The monoisotopic (exact) mass is 101 g/mol. The Morgan fingerprint density at radius 2 is 2.00 bits per heavy atom. The standard InChI is InChI=1S/C5H11BF/c1-4-5(2,3)6-7/h4H2,1-3H3. The van der Waals surface area contributed by atoms with Gasteiger partial charge >= 0.3 is 7.56 Å². The maximum Gasteiger partial charge on any atom is 0.360 e. The summed E-state index contributed by atoms with van der Waals surface area (Å²) in [5.41, 5.74) is 0. The Labute approximate surface area is 45.4 Å². The Morgan fingerprint density at radius 3 is 2.00 bits per heavy atom. The minimum Gasteiger partial charge on any atom is -0.342 e. The SMILES string of the molecule is CCC(C)(C)[B]F. The molecule has 2 heteroatoms. The fraction of sp³-hybridized carbons (Fsp3) is 1.00. The third kappa shape index (κ3) is 2.66. The lowest BCUT2D eigenvalue weighted by molar-refractivity contribution is 0.602. The van der Waals surface area contributed by atoms with Crippen molar-refractivity contribution < 1.29 is 4.32 Å². The molecule has 0 aromatic heterocycles. The maximum absolute atomic E-state index is 11.6. The van der Waals surface area contributed by atoms with Crippen LogP contribution in [0.2, 0.25) is 5.31 Å². The molecule has 0 aromatic carbocycles. The summed E-state index contributed by atoms with van der Waals surface area (Å²) in [7, 11) is 0.743. The molecule has 0 heterocycles. The molecule has 0 spiro atoms. The summed E-state index contributed by atoms with van der Waals surface area (Å²) in [6.45, 7) is 5.70. The van der Waals surface area contributed by atoms with Gasteiger partial charge in [0.05, 0.1) is 0 Å². The van der Waals surface area contributed by atoms with Crippen LogP contribution >= 0.6 is 0 Å². The molecule has 0 aliphatic rings. The number of rotatable bonds is 2. The van der Waals surface area contributed by atoms with Crippen LogP contribution in [0, 0.1) is 0 Å². The highest BCUT2D eigenvalue weighted by atomic mass is 19.1. The van der Waals surface area contributed by atoms with Crippen LogP contribution < -0.4 is 0 Å². The van der Waals surface area contributed by atoms with Gasteiger partial charge in [0.2, 0.25) is 0 Å². The average Bonchev–Trinajstić information content (AvgIpc) is 1.68. The van der Waals surface area contributed by atoms with E-state index < -0.39 is 0 Å². The third-order valence-corrected chi connectivity index (χ3v) is 1.21. The van der Waals surface area contributed by atoms with Gasteiger partial charge in [-0.25, -0.2) is 0 Å². The van der Waals surface area contributed by atoms with E-state index in [1.165, 1.54) is 0 Å². The molecule has 1 radical (unpaired) electrons. The molecule has 0 unspecified atom stereocenters. The highest BCUT2D eigenvalue weighted by molar-refractivity contribution is 6.30. The van der Waals surface area contributed by atoms with Crippen molar-refractivity contribution in [3.05, 3.63) is 0 Å². The van der Waals surface area contributed by atoms with Gasteiger partial charge in [-0.15, -0.1) is 0 Å². The predicted octanol–water partition coefficient (Wildman–Crippen LogP) is 2.18. The normalized spacial score (nSPS) is 11.4. The highest BCUT2D eigenvalue weighted by Gasteiger charge is 2.16. The van der Waals surface area contributed by atoms with Crippen molar-refractivity contribution in [3.63, 3.8) is 0 Å². The van der Waals surface area contributed by atoms with Crippen LogP contribution in [0.3, 0.4) is 0 Å². The van der Waals surface area contributed by atoms with Crippen molar-refractivity contribution in [3.8, 4) is 0 Å². The molecule has 0 amide bonds. The van der Waals surface area contributed by atoms with E-state index in [1.54, 1.807) is 0 Å². The summed E-state index contributed by atoms with van der Waals surface area (Å²) in [6.07, 6.45) is 0.865. The van der Waals surface area contributed by atoms with Crippen molar-refractivity contribution in [2.45, 2.75) is 32.5 Å². The van der Waals surface area contributed by atoms with Crippen LogP contribution in [-0.2, 0) is 0 Å². The van der Waals surface area contributed by atoms with Crippen molar-refractivity contribution in [1.29, 1.82) is 0 Å².